The van der Waals surface area contributed by atoms with Gasteiger partial charge in [-0.05, 0) is 63.0 Å². The van der Waals surface area contributed by atoms with Crippen molar-refractivity contribution < 1.29 is 0 Å². The Morgan fingerprint density at radius 3 is 2.16 bits per heavy atom. The summed E-state index contributed by atoms with van der Waals surface area (Å²) in [6.07, 6.45) is 18.6. The van der Waals surface area contributed by atoms with Gasteiger partial charge in [0.25, 0.3) is 0 Å². The minimum atomic E-state index is 0.841. The van der Waals surface area contributed by atoms with Crippen LogP contribution in [0, 0.1) is 11.8 Å². The molecule has 3 saturated carbocycles. The highest BCUT2D eigenvalue weighted by Crippen LogP contribution is 2.40. The van der Waals surface area contributed by atoms with E-state index in [4.69, 9.17) is 0 Å². The predicted molar refractivity (Wildman–Crippen MR) is 85.8 cm³/mol. The Kier molecular flexibility index (Phi) is 5.14. The molecule has 0 aromatic rings. The minimum absolute atomic E-state index is 0.841. The van der Waals surface area contributed by atoms with Gasteiger partial charge in [0.1, 0.15) is 0 Å². The fourth-order valence-electron chi connectivity index (χ4n) is 4.82. The van der Waals surface area contributed by atoms with Crippen LogP contribution in [0.4, 0.5) is 0 Å². The molecule has 110 valence electrons. The van der Waals surface area contributed by atoms with Crippen LogP contribution in [0.15, 0.2) is 0 Å². The highest BCUT2D eigenvalue weighted by Gasteiger charge is 2.33. The molecular formula is C17H31NS. The fraction of sp³-hybridized carbons (Fsp3) is 1.00. The van der Waals surface area contributed by atoms with Gasteiger partial charge < -0.3 is 5.32 Å². The largest absolute Gasteiger partial charge is 0.311 e. The maximum absolute atomic E-state index is 4.03. The molecule has 1 nitrogen and oxygen atoms in total. The first-order valence-corrected chi connectivity index (χ1v) is 9.93. The van der Waals surface area contributed by atoms with Crippen LogP contribution in [0.3, 0.4) is 0 Å². The molecule has 3 aliphatic carbocycles. The quantitative estimate of drug-likeness (QED) is 0.811. The van der Waals surface area contributed by atoms with Gasteiger partial charge in [0.15, 0.2) is 0 Å². The first-order valence-electron chi connectivity index (χ1n) is 8.64. The normalized spacial score (nSPS) is 43.7. The summed E-state index contributed by atoms with van der Waals surface area (Å²) in [5, 5.41) is 4.98. The minimum Gasteiger partial charge on any atom is -0.311 e. The first kappa shape index (κ1) is 14.3. The van der Waals surface area contributed by atoms with Crippen LogP contribution >= 0.6 is 11.8 Å². The molecule has 3 aliphatic rings. The number of fused-ring (bicyclic) bond motifs is 1. The van der Waals surface area contributed by atoms with Gasteiger partial charge in [-0.1, -0.05) is 25.7 Å². The Morgan fingerprint density at radius 2 is 1.42 bits per heavy atom. The molecule has 0 heterocycles. The van der Waals surface area contributed by atoms with E-state index in [2.05, 4.69) is 23.3 Å². The Labute approximate surface area is 123 Å². The van der Waals surface area contributed by atoms with Gasteiger partial charge in [-0.3, -0.25) is 0 Å². The van der Waals surface area contributed by atoms with Crippen molar-refractivity contribution in [2.75, 3.05) is 6.26 Å². The summed E-state index contributed by atoms with van der Waals surface area (Å²) in [6.45, 7) is 0. The Hall–Kier alpha value is 0.310. The van der Waals surface area contributed by atoms with Crippen molar-refractivity contribution >= 4 is 11.8 Å². The van der Waals surface area contributed by atoms with Gasteiger partial charge >= 0.3 is 0 Å². The van der Waals surface area contributed by atoms with Crippen LogP contribution < -0.4 is 5.32 Å². The number of rotatable bonds is 3. The van der Waals surface area contributed by atoms with E-state index in [0.717, 1.165) is 29.2 Å². The molecular weight excluding hydrogens is 250 g/mol. The van der Waals surface area contributed by atoms with Gasteiger partial charge in [-0.25, -0.2) is 0 Å². The van der Waals surface area contributed by atoms with Crippen LogP contribution in [-0.4, -0.2) is 23.6 Å². The standard InChI is InChI=1S/C17H31NS/c1-19-17-10-8-15(9-11-17)18-16-7-6-13-4-2-3-5-14(13)12-16/h13-18H,2-12H2,1H3. The number of hydrogen-bond acceptors (Lipinski definition) is 2. The third-order valence-electron chi connectivity index (χ3n) is 6.02. The zero-order valence-electron chi connectivity index (χ0n) is 12.6. The van der Waals surface area contributed by atoms with Crippen LogP contribution in [0.1, 0.15) is 70.6 Å². The molecule has 2 heteroatoms. The highest BCUT2D eigenvalue weighted by atomic mass is 32.2. The van der Waals surface area contributed by atoms with E-state index in [-0.39, 0.29) is 0 Å². The van der Waals surface area contributed by atoms with Crippen molar-refractivity contribution in [3.63, 3.8) is 0 Å². The second-order valence-electron chi connectivity index (χ2n) is 7.19. The molecule has 1 N–H and O–H groups in total. The van der Waals surface area contributed by atoms with Crippen molar-refractivity contribution in [2.45, 2.75) is 88.0 Å². The number of hydrogen-bond donors (Lipinski definition) is 1. The molecule has 0 bridgehead atoms. The molecule has 3 fully saturated rings. The maximum Gasteiger partial charge on any atom is 0.00724 e. The lowest BCUT2D eigenvalue weighted by atomic mass is 9.69. The number of nitrogens with one attached hydrogen (secondary N) is 1. The smallest absolute Gasteiger partial charge is 0.00724 e. The zero-order chi connectivity index (χ0) is 13.1. The van der Waals surface area contributed by atoms with Gasteiger partial charge in [-0.15, -0.1) is 0 Å². The second-order valence-corrected chi connectivity index (χ2v) is 8.33. The van der Waals surface area contributed by atoms with E-state index in [1.807, 2.05) is 0 Å². The van der Waals surface area contributed by atoms with Crippen LogP contribution in [0.25, 0.3) is 0 Å². The lowest BCUT2D eigenvalue weighted by Crippen LogP contribution is -2.45. The fourth-order valence-corrected chi connectivity index (χ4v) is 5.57. The van der Waals surface area contributed by atoms with Crippen LogP contribution in [0.5, 0.6) is 0 Å². The molecule has 3 atom stereocenters. The molecule has 3 unspecified atom stereocenters. The zero-order valence-corrected chi connectivity index (χ0v) is 13.4. The third kappa shape index (κ3) is 3.69. The van der Waals surface area contributed by atoms with Crippen molar-refractivity contribution in [3.8, 4) is 0 Å². The molecule has 0 aromatic carbocycles. The molecule has 0 spiro atoms. The van der Waals surface area contributed by atoms with Crippen LogP contribution in [0.2, 0.25) is 0 Å². The molecule has 3 rings (SSSR count). The average molecular weight is 282 g/mol. The molecule has 0 saturated heterocycles. The Morgan fingerprint density at radius 1 is 0.737 bits per heavy atom. The van der Waals surface area contributed by atoms with Gasteiger partial charge in [-0.2, -0.15) is 11.8 Å². The van der Waals surface area contributed by atoms with E-state index < -0.39 is 0 Å². The molecule has 0 aliphatic heterocycles. The van der Waals surface area contributed by atoms with Crippen molar-refractivity contribution in [1.82, 2.24) is 5.32 Å². The van der Waals surface area contributed by atoms with Crippen LogP contribution in [-0.2, 0) is 0 Å². The van der Waals surface area contributed by atoms with E-state index in [9.17, 15) is 0 Å². The van der Waals surface area contributed by atoms with Gasteiger partial charge in [0.2, 0.25) is 0 Å². The summed E-state index contributed by atoms with van der Waals surface area (Å²) in [5.41, 5.74) is 0. The maximum atomic E-state index is 4.03. The summed E-state index contributed by atoms with van der Waals surface area (Å²) < 4.78 is 0. The third-order valence-corrected chi connectivity index (χ3v) is 7.16. The van der Waals surface area contributed by atoms with E-state index in [1.54, 1.807) is 0 Å². The number of thioether (sulfide) groups is 1. The monoisotopic (exact) mass is 281 g/mol. The van der Waals surface area contributed by atoms with Crippen molar-refractivity contribution in [3.05, 3.63) is 0 Å². The summed E-state index contributed by atoms with van der Waals surface area (Å²) in [7, 11) is 0. The first-order chi connectivity index (χ1) is 9.35. The van der Waals surface area contributed by atoms with Crippen molar-refractivity contribution in [2.24, 2.45) is 11.8 Å². The highest BCUT2D eigenvalue weighted by molar-refractivity contribution is 7.99. The predicted octanol–water partition coefficient (Wildman–Crippen LogP) is 4.61. The van der Waals surface area contributed by atoms with Gasteiger partial charge in [0.05, 0.1) is 0 Å². The topological polar surface area (TPSA) is 12.0 Å². The summed E-state index contributed by atoms with van der Waals surface area (Å²) >= 11 is 2.08. The second kappa shape index (κ2) is 6.85. The van der Waals surface area contributed by atoms with E-state index >= 15 is 0 Å². The van der Waals surface area contributed by atoms with Crippen molar-refractivity contribution in [1.29, 1.82) is 0 Å². The summed E-state index contributed by atoms with van der Waals surface area (Å²) in [6, 6.07) is 1.70. The van der Waals surface area contributed by atoms with E-state index in [0.29, 0.717) is 0 Å². The summed E-state index contributed by atoms with van der Waals surface area (Å²) in [4.78, 5) is 0. The van der Waals surface area contributed by atoms with Gasteiger partial charge in [0, 0.05) is 17.3 Å². The molecule has 0 radical (unpaired) electrons. The lowest BCUT2D eigenvalue weighted by Gasteiger charge is -2.41. The Bertz CT molecular complexity index is 272. The lowest BCUT2D eigenvalue weighted by molar-refractivity contribution is 0.135. The van der Waals surface area contributed by atoms with E-state index in [1.165, 1.54) is 70.6 Å². The molecule has 0 aromatic heterocycles. The molecule has 19 heavy (non-hydrogen) atoms. The average Bonchev–Trinajstić information content (AvgIpc) is 2.48. The summed E-state index contributed by atoms with van der Waals surface area (Å²) in [5.74, 6) is 2.17. The Balaban J connectivity index is 1.43. The SMILES string of the molecule is CSC1CCC(NC2CCC3CCCCC3C2)CC1. The molecule has 0 amide bonds.